The van der Waals surface area contributed by atoms with Crippen LogP contribution in [0.1, 0.15) is 55.9 Å². The molecular formula is C28H34N6O. The maximum atomic E-state index is 5.68. The second kappa shape index (κ2) is 10.4. The first kappa shape index (κ1) is 23.3. The Morgan fingerprint density at radius 1 is 1.11 bits per heavy atom. The summed E-state index contributed by atoms with van der Waals surface area (Å²) in [4.78, 5) is 6.96. The summed E-state index contributed by atoms with van der Waals surface area (Å²) in [5.74, 6) is 0.781. The lowest BCUT2D eigenvalue weighted by atomic mass is 10.00. The Balaban J connectivity index is 1.32. The average molecular weight is 471 g/mol. The van der Waals surface area contributed by atoms with Crippen molar-refractivity contribution in [3.63, 3.8) is 0 Å². The summed E-state index contributed by atoms with van der Waals surface area (Å²) in [6, 6.07) is 17.9. The van der Waals surface area contributed by atoms with Crippen LogP contribution in [0.3, 0.4) is 0 Å². The first-order chi connectivity index (χ1) is 17.2. The van der Waals surface area contributed by atoms with Crippen molar-refractivity contribution < 1.29 is 4.74 Å². The largest absolute Gasteiger partial charge is 0.495 e. The first-order valence-corrected chi connectivity index (χ1v) is 12.6. The van der Waals surface area contributed by atoms with Crippen LogP contribution < -0.4 is 4.74 Å². The van der Waals surface area contributed by atoms with Gasteiger partial charge in [-0.3, -0.25) is 4.90 Å². The molecule has 0 bridgehead atoms. The SMILES string of the molecule is CCCCC(c1ccccc1)N1CCC(n2cc(-c3ccc(-n4cnc(C)c4)c(OC)c3)nn2)C1. The van der Waals surface area contributed by atoms with Crippen LogP contribution in [0.4, 0.5) is 0 Å². The van der Waals surface area contributed by atoms with Gasteiger partial charge in [-0.1, -0.05) is 61.4 Å². The smallest absolute Gasteiger partial charge is 0.143 e. The fraction of sp³-hybridized carbons (Fsp3) is 0.393. The van der Waals surface area contributed by atoms with Gasteiger partial charge in [0.1, 0.15) is 11.4 Å². The Bertz CT molecular complexity index is 1250. The van der Waals surface area contributed by atoms with Crippen molar-refractivity contribution in [2.45, 2.75) is 51.6 Å². The highest BCUT2D eigenvalue weighted by Crippen LogP contribution is 2.34. The molecule has 0 radical (unpaired) electrons. The number of likely N-dealkylation sites (tertiary alicyclic amines) is 1. The summed E-state index contributed by atoms with van der Waals surface area (Å²) in [5.41, 5.74) is 5.19. The standard InChI is InChI=1S/C28H34N6O/c1-4-5-11-26(22-9-7-6-8-10-22)32-15-14-24(18-32)34-19-25(30-31-34)23-12-13-27(28(16-23)35-3)33-17-21(2)29-20-33/h6-10,12-13,16-17,19-20,24,26H,4-5,11,14-15,18H2,1-3H3. The fourth-order valence-corrected chi connectivity index (χ4v) is 5.09. The number of unbranched alkanes of at least 4 members (excludes halogenated alkanes) is 1. The zero-order valence-electron chi connectivity index (χ0n) is 20.8. The molecule has 7 nitrogen and oxygen atoms in total. The Labute approximate surface area is 207 Å². The normalized spacial score (nSPS) is 17.1. The predicted molar refractivity (Wildman–Crippen MR) is 138 cm³/mol. The van der Waals surface area contributed by atoms with E-state index in [4.69, 9.17) is 4.74 Å². The highest BCUT2D eigenvalue weighted by molar-refractivity contribution is 5.64. The molecule has 3 heterocycles. The van der Waals surface area contributed by atoms with Gasteiger partial charge in [-0.05, 0) is 37.5 Å². The van der Waals surface area contributed by atoms with Crippen LogP contribution in [-0.2, 0) is 0 Å². The van der Waals surface area contributed by atoms with E-state index in [2.05, 4.69) is 74.4 Å². The number of ether oxygens (including phenoxy) is 1. The number of benzene rings is 2. The van der Waals surface area contributed by atoms with E-state index in [1.54, 1.807) is 13.4 Å². The van der Waals surface area contributed by atoms with Gasteiger partial charge < -0.3 is 9.30 Å². The van der Waals surface area contributed by atoms with Gasteiger partial charge in [-0.25, -0.2) is 9.67 Å². The van der Waals surface area contributed by atoms with Crippen molar-refractivity contribution in [2.75, 3.05) is 20.2 Å². The summed E-state index contributed by atoms with van der Waals surface area (Å²) >= 11 is 0. The molecule has 0 amide bonds. The molecule has 7 heteroatoms. The summed E-state index contributed by atoms with van der Waals surface area (Å²) in [7, 11) is 1.69. The van der Waals surface area contributed by atoms with Crippen molar-refractivity contribution in [2.24, 2.45) is 0 Å². The van der Waals surface area contributed by atoms with E-state index in [0.29, 0.717) is 12.1 Å². The molecule has 1 aliphatic rings. The van der Waals surface area contributed by atoms with E-state index in [0.717, 1.165) is 47.9 Å². The summed E-state index contributed by atoms with van der Waals surface area (Å²) in [6.45, 7) is 6.32. The van der Waals surface area contributed by atoms with E-state index in [-0.39, 0.29) is 0 Å². The monoisotopic (exact) mass is 470 g/mol. The summed E-state index contributed by atoms with van der Waals surface area (Å²) in [6.07, 6.45) is 10.6. The van der Waals surface area contributed by atoms with Gasteiger partial charge in [0.2, 0.25) is 0 Å². The number of imidazole rings is 1. The van der Waals surface area contributed by atoms with Crippen molar-refractivity contribution >= 4 is 0 Å². The van der Waals surface area contributed by atoms with Crippen LogP contribution in [-0.4, -0.2) is 49.6 Å². The number of nitrogens with zero attached hydrogens (tertiary/aromatic N) is 6. The van der Waals surface area contributed by atoms with Crippen molar-refractivity contribution in [3.05, 3.63) is 78.5 Å². The van der Waals surface area contributed by atoms with Gasteiger partial charge in [0.05, 0.1) is 37.1 Å². The number of rotatable bonds is 9. The van der Waals surface area contributed by atoms with E-state index in [1.165, 1.54) is 24.8 Å². The lowest BCUT2D eigenvalue weighted by Gasteiger charge is -2.28. The lowest BCUT2D eigenvalue weighted by Crippen LogP contribution is -2.27. The second-order valence-electron chi connectivity index (χ2n) is 9.40. The molecule has 0 aliphatic carbocycles. The van der Waals surface area contributed by atoms with Crippen molar-refractivity contribution in [3.8, 4) is 22.7 Å². The number of aryl methyl sites for hydroxylation is 1. The molecule has 5 rings (SSSR count). The molecule has 0 N–H and O–H groups in total. The highest BCUT2D eigenvalue weighted by Gasteiger charge is 2.30. The predicted octanol–water partition coefficient (Wildman–Crippen LogP) is 5.63. The first-order valence-electron chi connectivity index (χ1n) is 12.6. The van der Waals surface area contributed by atoms with Crippen LogP contribution in [0.15, 0.2) is 67.3 Å². The van der Waals surface area contributed by atoms with E-state index >= 15 is 0 Å². The maximum Gasteiger partial charge on any atom is 0.143 e. The minimum atomic E-state index is 0.333. The molecule has 1 saturated heterocycles. The molecule has 182 valence electrons. The van der Waals surface area contributed by atoms with E-state index in [9.17, 15) is 0 Å². The Morgan fingerprint density at radius 3 is 2.71 bits per heavy atom. The molecule has 2 unspecified atom stereocenters. The van der Waals surface area contributed by atoms with Gasteiger partial charge in [0.15, 0.2) is 0 Å². The van der Waals surface area contributed by atoms with Crippen LogP contribution in [0, 0.1) is 6.92 Å². The van der Waals surface area contributed by atoms with Crippen LogP contribution >= 0.6 is 0 Å². The highest BCUT2D eigenvalue weighted by atomic mass is 16.5. The minimum absolute atomic E-state index is 0.333. The molecule has 1 aliphatic heterocycles. The zero-order chi connectivity index (χ0) is 24.2. The van der Waals surface area contributed by atoms with Gasteiger partial charge in [0.25, 0.3) is 0 Å². The molecule has 4 aromatic rings. The van der Waals surface area contributed by atoms with Gasteiger partial charge in [-0.15, -0.1) is 5.10 Å². The molecule has 2 aromatic carbocycles. The topological polar surface area (TPSA) is 61.0 Å². The minimum Gasteiger partial charge on any atom is -0.495 e. The van der Waals surface area contributed by atoms with Crippen LogP contribution in [0.25, 0.3) is 16.9 Å². The molecule has 35 heavy (non-hydrogen) atoms. The Kier molecular flexibility index (Phi) is 6.95. The van der Waals surface area contributed by atoms with Crippen LogP contribution in [0.5, 0.6) is 5.75 Å². The Hall–Kier alpha value is -3.45. The summed E-state index contributed by atoms with van der Waals surface area (Å²) in [5, 5.41) is 9.04. The van der Waals surface area contributed by atoms with Gasteiger partial charge in [0, 0.05) is 30.9 Å². The number of aromatic nitrogens is 5. The molecule has 2 atom stereocenters. The molecule has 0 spiro atoms. The van der Waals surface area contributed by atoms with Gasteiger partial charge in [-0.2, -0.15) is 0 Å². The van der Waals surface area contributed by atoms with Crippen LogP contribution in [0.2, 0.25) is 0 Å². The molecule has 1 fully saturated rings. The number of methoxy groups -OCH3 is 1. The number of hydrogen-bond donors (Lipinski definition) is 0. The van der Waals surface area contributed by atoms with Crippen molar-refractivity contribution in [1.29, 1.82) is 0 Å². The Morgan fingerprint density at radius 2 is 1.97 bits per heavy atom. The number of hydrogen-bond acceptors (Lipinski definition) is 5. The lowest BCUT2D eigenvalue weighted by molar-refractivity contribution is 0.219. The van der Waals surface area contributed by atoms with E-state index in [1.807, 2.05) is 29.8 Å². The van der Waals surface area contributed by atoms with Crippen molar-refractivity contribution in [1.82, 2.24) is 29.4 Å². The van der Waals surface area contributed by atoms with Gasteiger partial charge >= 0.3 is 0 Å². The third kappa shape index (κ3) is 5.00. The fourth-order valence-electron chi connectivity index (χ4n) is 5.09. The average Bonchev–Trinajstić information content (AvgIpc) is 3.66. The molecule has 0 saturated carbocycles. The third-order valence-corrected chi connectivity index (χ3v) is 7.00. The molecule has 2 aromatic heterocycles. The third-order valence-electron chi connectivity index (χ3n) is 7.00. The second-order valence-corrected chi connectivity index (χ2v) is 9.40. The van der Waals surface area contributed by atoms with E-state index < -0.39 is 0 Å². The summed E-state index contributed by atoms with van der Waals surface area (Å²) < 4.78 is 9.71. The molecular weight excluding hydrogens is 436 g/mol. The quantitative estimate of drug-likeness (QED) is 0.317. The maximum absolute atomic E-state index is 5.68. The zero-order valence-corrected chi connectivity index (χ0v) is 20.8.